The maximum Gasteiger partial charge on any atom is 0.230 e. The number of fused-ring (bicyclic) bond motifs is 1. The van der Waals surface area contributed by atoms with Crippen LogP contribution in [0.25, 0.3) is 0 Å². The number of anilines is 1. The Hall–Kier alpha value is -1.38. The second-order valence-corrected chi connectivity index (χ2v) is 4.32. The van der Waals surface area contributed by atoms with Gasteiger partial charge in [-0.25, -0.2) is 4.39 Å². The first-order valence-electron chi connectivity index (χ1n) is 4.59. The lowest BCUT2D eigenvalue weighted by molar-refractivity contribution is -0.124. The van der Waals surface area contributed by atoms with Crippen LogP contribution in [0.1, 0.15) is 19.4 Å². The van der Waals surface area contributed by atoms with Crippen LogP contribution in [0.3, 0.4) is 0 Å². The average Bonchev–Trinajstić information content (AvgIpc) is 2.07. The third-order valence-corrected chi connectivity index (χ3v) is 2.56. The minimum Gasteiger partial charge on any atom is -0.325 e. The maximum atomic E-state index is 12.9. The SMILES string of the molecule is CC1(C)Cc2cc(F)ccc2NC1=O. The zero-order valence-electron chi connectivity index (χ0n) is 8.23. The zero-order valence-corrected chi connectivity index (χ0v) is 8.23. The second-order valence-electron chi connectivity index (χ2n) is 4.32. The molecule has 0 radical (unpaired) electrons. The Kier molecular flexibility index (Phi) is 1.84. The number of nitrogens with one attached hydrogen (secondary N) is 1. The minimum atomic E-state index is -0.444. The van der Waals surface area contributed by atoms with E-state index >= 15 is 0 Å². The van der Waals surface area contributed by atoms with Crippen molar-refractivity contribution in [3.8, 4) is 0 Å². The topological polar surface area (TPSA) is 29.1 Å². The van der Waals surface area contributed by atoms with Gasteiger partial charge in [0, 0.05) is 11.1 Å². The summed E-state index contributed by atoms with van der Waals surface area (Å²) < 4.78 is 12.9. The largest absolute Gasteiger partial charge is 0.325 e. The summed E-state index contributed by atoms with van der Waals surface area (Å²) in [5.41, 5.74) is 1.16. The number of hydrogen-bond acceptors (Lipinski definition) is 1. The molecule has 1 aliphatic heterocycles. The van der Waals surface area contributed by atoms with E-state index < -0.39 is 5.41 Å². The van der Waals surface area contributed by atoms with Gasteiger partial charge < -0.3 is 5.32 Å². The fourth-order valence-corrected chi connectivity index (χ4v) is 1.68. The fraction of sp³-hybridized carbons (Fsp3) is 0.364. The number of carbonyl (C=O) groups is 1. The number of rotatable bonds is 0. The second kappa shape index (κ2) is 2.80. The molecule has 14 heavy (non-hydrogen) atoms. The lowest BCUT2D eigenvalue weighted by atomic mass is 9.81. The predicted molar refractivity (Wildman–Crippen MR) is 52.5 cm³/mol. The van der Waals surface area contributed by atoms with Crippen molar-refractivity contribution in [3.05, 3.63) is 29.6 Å². The van der Waals surface area contributed by atoms with E-state index in [0.29, 0.717) is 6.42 Å². The summed E-state index contributed by atoms with van der Waals surface area (Å²) in [4.78, 5) is 11.6. The minimum absolute atomic E-state index is 0.00314. The molecule has 1 amide bonds. The van der Waals surface area contributed by atoms with Crippen LogP contribution < -0.4 is 5.32 Å². The van der Waals surface area contributed by atoms with Crippen molar-refractivity contribution < 1.29 is 9.18 Å². The summed E-state index contributed by atoms with van der Waals surface area (Å²) in [5, 5.41) is 2.77. The van der Waals surface area contributed by atoms with Crippen LogP contribution in [0.2, 0.25) is 0 Å². The highest BCUT2D eigenvalue weighted by molar-refractivity contribution is 5.97. The number of amides is 1. The Labute approximate surface area is 82.1 Å². The van der Waals surface area contributed by atoms with Gasteiger partial charge in [0.1, 0.15) is 5.82 Å². The van der Waals surface area contributed by atoms with E-state index in [0.717, 1.165) is 11.3 Å². The molecule has 0 unspecified atom stereocenters. The number of carbonyl (C=O) groups excluding carboxylic acids is 1. The molecule has 1 aliphatic rings. The molecule has 1 aromatic carbocycles. The summed E-state index contributed by atoms with van der Waals surface area (Å²) in [6.07, 6.45) is 0.589. The maximum absolute atomic E-state index is 12.9. The van der Waals surface area contributed by atoms with Crippen LogP contribution in [0.5, 0.6) is 0 Å². The molecule has 0 atom stereocenters. The Balaban J connectivity index is 2.46. The summed E-state index contributed by atoms with van der Waals surface area (Å²) >= 11 is 0. The highest BCUT2D eigenvalue weighted by Gasteiger charge is 2.33. The van der Waals surface area contributed by atoms with Crippen LogP contribution in [-0.2, 0) is 11.2 Å². The third-order valence-electron chi connectivity index (χ3n) is 2.56. The number of hydrogen-bond donors (Lipinski definition) is 1. The van der Waals surface area contributed by atoms with Crippen LogP contribution in [0, 0.1) is 11.2 Å². The Morgan fingerprint density at radius 3 is 2.86 bits per heavy atom. The van der Waals surface area contributed by atoms with Crippen molar-refractivity contribution in [1.29, 1.82) is 0 Å². The Bertz CT molecular complexity index is 398. The van der Waals surface area contributed by atoms with E-state index in [1.165, 1.54) is 12.1 Å². The molecule has 3 heteroatoms. The van der Waals surface area contributed by atoms with Crippen molar-refractivity contribution in [2.45, 2.75) is 20.3 Å². The van der Waals surface area contributed by atoms with Gasteiger partial charge in [0.25, 0.3) is 0 Å². The quantitative estimate of drug-likeness (QED) is 0.673. The van der Waals surface area contributed by atoms with Gasteiger partial charge in [0.2, 0.25) is 5.91 Å². The third kappa shape index (κ3) is 1.39. The van der Waals surface area contributed by atoms with E-state index in [-0.39, 0.29) is 11.7 Å². The average molecular weight is 193 g/mol. The Morgan fingerprint density at radius 1 is 1.43 bits per heavy atom. The molecule has 0 saturated carbocycles. The summed E-state index contributed by atoms with van der Waals surface area (Å²) in [7, 11) is 0. The van der Waals surface area contributed by atoms with E-state index in [4.69, 9.17) is 0 Å². The monoisotopic (exact) mass is 193 g/mol. The van der Waals surface area contributed by atoms with E-state index in [2.05, 4.69) is 5.32 Å². The van der Waals surface area contributed by atoms with Crippen molar-refractivity contribution in [3.63, 3.8) is 0 Å². The van der Waals surface area contributed by atoms with E-state index in [1.54, 1.807) is 6.07 Å². The molecule has 0 aromatic heterocycles. The number of halogens is 1. The normalized spacial score (nSPS) is 18.6. The van der Waals surface area contributed by atoms with Crippen LogP contribution in [0.15, 0.2) is 18.2 Å². The number of benzene rings is 1. The molecule has 0 saturated heterocycles. The lowest BCUT2D eigenvalue weighted by Gasteiger charge is -2.30. The van der Waals surface area contributed by atoms with E-state index in [9.17, 15) is 9.18 Å². The molecule has 1 N–H and O–H groups in total. The summed E-state index contributed by atoms with van der Waals surface area (Å²) in [6, 6.07) is 4.45. The standard InChI is InChI=1S/C11H12FNO/c1-11(2)6-7-5-8(12)3-4-9(7)13-10(11)14/h3-5H,6H2,1-2H3,(H,13,14). The first-order valence-corrected chi connectivity index (χ1v) is 4.59. The lowest BCUT2D eigenvalue weighted by Crippen LogP contribution is -2.37. The summed E-state index contributed by atoms with van der Waals surface area (Å²) in [5.74, 6) is -0.257. The molecule has 74 valence electrons. The van der Waals surface area contributed by atoms with Gasteiger partial charge >= 0.3 is 0 Å². The first-order chi connectivity index (χ1) is 6.49. The van der Waals surface area contributed by atoms with Gasteiger partial charge in [-0.2, -0.15) is 0 Å². The van der Waals surface area contributed by atoms with Crippen LogP contribution >= 0.6 is 0 Å². The van der Waals surface area contributed by atoms with E-state index in [1.807, 2.05) is 13.8 Å². The van der Waals surface area contributed by atoms with Gasteiger partial charge in [-0.15, -0.1) is 0 Å². The van der Waals surface area contributed by atoms with Gasteiger partial charge in [-0.3, -0.25) is 4.79 Å². The van der Waals surface area contributed by atoms with Gasteiger partial charge in [0.05, 0.1) is 0 Å². The highest BCUT2D eigenvalue weighted by Crippen LogP contribution is 2.33. The smallest absolute Gasteiger partial charge is 0.230 e. The molecule has 0 aliphatic carbocycles. The fourth-order valence-electron chi connectivity index (χ4n) is 1.68. The molecule has 0 spiro atoms. The molecule has 2 rings (SSSR count). The molecule has 1 aromatic rings. The van der Waals surface area contributed by atoms with Crippen LogP contribution in [-0.4, -0.2) is 5.91 Å². The molecule has 0 bridgehead atoms. The summed E-state index contributed by atoms with van der Waals surface area (Å²) in [6.45, 7) is 3.71. The molecular formula is C11H12FNO. The highest BCUT2D eigenvalue weighted by atomic mass is 19.1. The Morgan fingerprint density at radius 2 is 2.14 bits per heavy atom. The first kappa shape index (κ1) is 9.19. The molecule has 0 fully saturated rings. The van der Waals surface area contributed by atoms with Crippen molar-refractivity contribution in [2.24, 2.45) is 5.41 Å². The molecule has 1 heterocycles. The van der Waals surface area contributed by atoms with Crippen molar-refractivity contribution in [2.75, 3.05) is 5.32 Å². The zero-order chi connectivity index (χ0) is 10.3. The van der Waals surface area contributed by atoms with Gasteiger partial charge in [0.15, 0.2) is 0 Å². The van der Waals surface area contributed by atoms with Crippen molar-refractivity contribution >= 4 is 11.6 Å². The predicted octanol–water partition coefficient (Wildman–Crippen LogP) is 2.35. The molecular weight excluding hydrogens is 181 g/mol. The molecule has 2 nitrogen and oxygen atoms in total. The van der Waals surface area contributed by atoms with Gasteiger partial charge in [-0.1, -0.05) is 13.8 Å². The van der Waals surface area contributed by atoms with Crippen molar-refractivity contribution in [1.82, 2.24) is 0 Å². The van der Waals surface area contributed by atoms with Crippen LogP contribution in [0.4, 0.5) is 10.1 Å². The van der Waals surface area contributed by atoms with Gasteiger partial charge in [-0.05, 0) is 30.2 Å².